The molecule has 2 atom stereocenters. The molecule has 0 amide bonds. The minimum atomic E-state index is -5.77. The summed E-state index contributed by atoms with van der Waals surface area (Å²) in [6.07, 6.45) is -4.99. The lowest BCUT2D eigenvalue weighted by Crippen LogP contribution is -2.17. The summed E-state index contributed by atoms with van der Waals surface area (Å²) in [4.78, 5) is 8.07. The summed E-state index contributed by atoms with van der Waals surface area (Å²) < 4.78 is 81.1. The van der Waals surface area contributed by atoms with Crippen LogP contribution < -0.4 is 4.86 Å². The van der Waals surface area contributed by atoms with E-state index in [-0.39, 0.29) is 4.86 Å². The third kappa shape index (κ3) is 8.58. The van der Waals surface area contributed by atoms with E-state index in [4.69, 9.17) is 4.89 Å². The van der Waals surface area contributed by atoms with Crippen molar-refractivity contribution in [3.05, 3.63) is 0 Å². The third-order valence-corrected chi connectivity index (χ3v) is 3.04. The van der Waals surface area contributed by atoms with Crippen LogP contribution in [0.2, 0.25) is 0 Å². The van der Waals surface area contributed by atoms with Crippen LogP contribution in [0.5, 0.6) is 0 Å². The SMILES string of the molecule is O=P(O)(F)NP(=O)(F)OCC(F)(F)F. The summed E-state index contributed by atoms with van der Waals surface area (Å²) >= 11 is 0. The number of alkyl halides is 3. The van der Waals surface area contributed by atoms with Crippen molar-refractivity contribution >= 4 is 15.7 Å². The fourth-order valence-corrected chi connectivity index (χ4v) is 2.05. The molecule has 12 heteroatoms. The molecule has 2 N–H and O–H groups in total. The molecule has 2 unspecified atom stereocenters. The Morgan fingerprint density at radius 1 is 1.29 bits per heavy atom. The predicted molar refractivity (Wildman–Crippen MR) is 34.8 cm³/mol. The van der Waals surface area contributed by atoms with Gasteiger partial charge >= 0.3 is 21.8 Å². The van der Waals surface area contributed by atoms with Crippen LogP contribution in [0.3, 0.4) is 0 Å². The largest absolute Gasteiger partial charge is 0.452 e. The molecule has 0 radical (unpaired) electrons. The molecule has 0 bridgehead atoms. The van der Waals surface area contributed by atoms with Crippen molar-refractivity contribution in [1.29, 1.82) is 0 Å². The highest BCUT2D eigenvalue weighted by atomic mass is 31.3. The average molecular weight is 263 g/mol. The number of nitrogens with one attached hydrogen (secondary N) is 1. The first-order valence-corrected chi connectivity index (χ1v) is 5.81. The molecule has 0 aliphatic heterocycles. The summed E-state index contributed by atoms with van der Waals surface area (Å²) in [6, 6.07) is 0. The molecule has 0 saturated carbocycles. The van der Waals surface area contributed by atoms with Crippen LogP contribution in [-0.4, -0.2) is 17.7 Å². The lowest BCUT2D eigenvalue weighted by molar-refractivity contribution is -0.154. The minimum absolute atomic E-state index is 0.279. The van der Waals surface area contributed by atoms with Gasteiger partial charge in [-0.2, -0.15) is 13.2 Å². The Morgan fingerprint density at radius 2 is 1.71 bits per heavy atom. The van der Waals surface area contributed by atoms with E-state index in [2.05, 4.69) is 4.52 Å². The smallest absolute Gasteiger partial charge is 0.309 e. The van der Waals surface area contributed by atoms with E-state index in [1.807, 2.05) is 0 Å². The number of halogens is 5. The maximum Gasteiger partial charge on any atom is 0.452 e. The number of hydrogen-bond donors (Lipinski definition) is 2. The van der Waals surface area contributed by atoms with Gasteiger partial charge in [-0.15, -0.1) is 13.3 Å². The van der Waals surface area contributed by atoms with Crippen LogP contribution in [0.4, 0.5) is 21.6 Å². The standard InChI is InChI=1S/C2H4F5NO4P2/c3-2(4,5)1-12-14(7,11)8-13(6,9)10/h1H2,(H2,8,9,10,11). The lowest BCUT2D eigenvalue weighted by Gasteiger charge is -2.12. The minimum Gasteiger partial charge on any atom is -0.309 e. The third-order valence-electron chi connectivity index (χ3n) is 0.637. The van der Waals surface area contributed by atoms with Crippen molar-refractivity contribution in [1.82, 2.24) is 4.86 Å². The van der Waals surface area contributed by atoms with E-state index in [1.165, 1.54) is 0 Å². The lowest BCUT2D eigenvalue weighted by atomic mass is 10.7. The van der Waals surface area contributed by atoms with Gasteiger partial charge in [-0.05, 0) is 0 Å². The zero-order chi connectivity index (χ0) is 11.6. The maximum absolute atomic E-state index is 12.3. The molecule has 0 aliphatic rings. The average Bonchev–Trinajstić information content (AvgIpc) is 1.76. The fourth-order valence-electron chi connectivity index (χ4n) is 0.332. The van der Waals surface area contributed by atoms with E-state index < -0.39 is 28.4 Å². The molecule has 0 spiro atoms. The molecular weight excluding hydrogens is 259 g/mol. The second kappa shape index (κ2) is 4.24. The van der Waals surface area contributed by atoms with Crippen LogP contribution in [0.25, 0.3) is 0 Å². The Hall–Kier alpha value is -0.0100. The van der Waals surface area contributed by atoms with Gasteiger partial charge in [0.1, 0.15) is 0 Å². The highest BCUT2D eigenvalue weighted by Gasteiger charge is 2.38. The quantitative estimate of drug-likeness (QED) is 0.601. The molecule has 0 rings (SSSR count). The van der Waals surface area contributed by atoms with Gasteiger partial charge in [-0.25, -0.2) is 9.13 Å². The van der Waals surface area contributed by atoms with Gasteiger partial charge in [0.15, 0.2) is 6.61 Å². The Morgan fingerprint density at radius 3 is 2.00 bits per heavy atom. The summed E-state index contributed by atoms with van der Waals surface area (Å²) in [5.41, 5.74) is 0. The van der Waals surface area contributed by atoms with Crippen LogP contribution in [0.15, 0.2) is 0 Å². The van der Waals surface area contributed by atoms with Crippen LogP contribution in [0.1, 0.15) is 0 Å². The van der Waals surface area contributed by atoms with Crippen molar-refractivity contribution in [2.24, 2.45) is 0 Å². The molecule has 86 valence electrons. The van der Waals surface area contributed by atoms with Gasteiger partial charge in [0.25, 0.3) is 0 Å². The molecule has 0 aromatic heterocycles. The van der Waals surface area contributed by atoms with E-state index in [9.17, 15) is 30.7 Å². The topological polar surface area (TPSA) is 75.6 Å². The second-order valence-electron chi connectivity index (χ2n) is 1.97. The van der Waals surface area contributed by atoms with Crippen molar-refractivity contribution < 1.29 is 40.1 Å². The Bertz CT molecular complexity index is 284. The Kier molecular flexibility index (Phi) is 4.24. The van der Waals surface area contributed by atoms with Crippen LogP contribution in [-0.2, 0) is 13.7 Å². The molecule has 5 nitrogen and oxygen atoms in total. The monoisotopic (exact) mass is 263 g/mol. The predicted octanol–water partition coefficient (Wildman–Crippen LogP) is 2.30. The van der Waals surface area contributed by atoms with Crippen molar-refractivity contribution in [3.63, 3.8) is 0 Å². The van der Waals surface area contributed by atoms with E-state index in [0.29, 0.717) is 0 Å². The Labute approximate surface area is 74.5 Å². The first-order valence-electron chi connectivity index (χ1n) is 2.74. The van der Waals surface area contributed by atoms with E-state index in [0.717, 1.165) is 0 Å². The molecule has 14 heavy (non-hydrogen) atoms. The zero-order valence-corrected chi connectivity index (χ0v) is 7.95. The highest BCUT2D eigenvalue weighted by Crippen LogP contribution is 2.56. The van der Waals surface area contributed by atoms with Crippen LogP contribution in [0, 0.1) is 0 Å². The van der Waals surface area contributed by atoms with Crippen molar-refractivity contribution in [2.75, 3.05) is 6.61 Å². The van der Waals surface area contributed by atoms with Crippen molar-refractivity contribution in [3.8, 4) is 0 Å². The molecule has 0 saturated heterocycles. The molecule has 0 fully saturated rings. The number of rotatable bonds is 4. The van der Waals surface area contributed by atoms with Crippen LogP contribution >= 0.6 is 15.7 Å². The Balaban J connectivity index is 4.24. The summed E-state index contributed by atoms with van der Waals surface area (Å²) in [5.74, 6) is 0. The van der Waals surface area contributed by atoms with Gasteiger partial charge in [0, 0.05) is 0 Å². The molecular formula is C2H4F5NO4P2. The zero-order valence-electron chi connectivity index (χ0n) is 6.16. The van der Waals surface area contributed by atoms with Crippen molar-refractivity contribution in [2.45, 2.75) is 6.18 Å². The normalized spacial score (nSPS) is 21.3. The molecule has 0 aliphatic carbocycles. The van der Waals surface area contributed by atoms with Gasteiger partial charge in [0.2, 0.25) is 0 Å². The fraction of sp³-hybridized carbons (Fsp3) is 1.00. The summed E-state index contributed by atoms with van der Waals surface area (Å²) in [5, 5.41) is 0. The van der Waals surface area contributed by atoms with Gasteiger partial charge in [0.05, 0.1) is 0 Å². The van der Waals surface area contributed by atoms with E-state index >= 15 is 0 Å². The van der Waals surface area contributed by atoms with E-state index in [1.54, 1.807) is 0 Å². The second-order valence-corrected chi connectivity index (χ2v) is 4.99. The molecule has 0 heterocycles. The first kappa shape index (κ1) is 14.0. The van der Waals surface area contributed by atoms with Gasteiger partial charge in [-0.1, -0.05) is 0 Å². The summed E-state index contributed by atoms with van der Waals surface area (Å²) in [6.45, 7) is -2.27. The van der Waals surface area contributed by atoms with Gasteiger partial charge in [-0.3, -0.25) is 4.52 Å². The maximum atomic E-state index is 12.3. The highest BCUT2D eigenvalue weighted by molar-refractivity contribution is 7.66. The first-order chi connectivity index (χ1) is 5.91. The number of hydrogen-bond acceptors (Lipinski definition) is 3. The van der Waals surface area contributed by atoms with Gasteiger partial charge < -0.3 is 4.89 Å². The molecule has 0 aromatic rings. The summed E-state index contributed by atoms with van der Waals surface area (Å²) in [7, 11) is -11.5. The molecule has 0 aromatic carbocycles.